The summed E-state index contributed by atoms with van der Waals surface area (Å²) in [6, 6.07) is 4.46. The van der Waals surface area contributed by atoms with E-state index in [0.29, 0.717) is 0 Å². The van der Waals surface area contributed by atoms with E-state index in [1.54, 1.807) is 5.56 Å². The van der Waals surface area contributed by atoms with E-state index in [1.807, 2.05) is 0 Å². The number of benzene rings is 1. The number of hydrogen-bond donors (Lipinski definition) is 0. The third-order valence-electron chi connectivity index (χ3n) is 2.41. The Labute approximate surface area is 89.5 Å². The first kappa shape index (κ1) is 10.8. The van der Waals surface area contributed by atoms with E-state index in [4.69, 9.17) is 0 Å². The van der Waals surface area contributed by atoms with Crippen molar-refractivity contribution in [1.29, 1.82) is 0 Å². The topological polar surface area (TPSA) is 0 Å². The largest absolute Gasteiger partial charge is 0.0651 e. The maximum absolute atomic E-state index is 3.54. The van der Waals surface area contributed by atoms with Gasteiger partial charge in [-0.15, -0.1) is 0 Å². The standard InChI is InChI=1S/C12H17Br/c1-4-6-12-9(3)7-11(13)8-10(12)5-2/h7-8H,4-6H2,1-3H3. The van der Waals surface area contributed by atoms with E-state index >= 15 is 0 Å². The third-order valence-corrected chi connectivity index (χ3v) is 2.87. The van der Waals surface area contributed by atoms with Crippen LogP contribution in [0.25, 0.3) is 0 Å². The van der Waals surface area contributed by atoms with Crippen LogP contribution in [0, 0.1) is 6.92 Å². The van der Waals surface area contributed by atoms with E-state index in [2.05, 4.69) is 48.8 Å². The SMILES string of the molecule is CCCc1c(C)cc(Br)cc1CC. The molecule has 1 heteroatoms. The van der Waals surface area contributed by atoms with Crippen molar-refractivity contribution in [2.45, 2.75) is 40.0 Å². The quantitative estimate of drug-likeness (QED) is 0.741. The molecule has 0 heterocycles. The van der Waals surface area contributed by atoms with Gasteiger partial charge in [0.25, 0.3) is 0 Å². The smallest absolute Gasteiger partial charge is 0.0180 e. The Morgan fingerprint density at radius 2 is 1.92 bits per heavy atom. The molecule has 1 aromatic carbocycles. The molecule has 0 radical (unpaired) electrons. The third kappa shape index (κ3) is 2.57. The predicted molar refractivity (Wildman–Crippen MR) is 62.3 cm³/mol. The van der Waals surface area contributed by atoms with Gasteiger partial charge in [0, 0.05) is 4.47 Å². The molecule has 0 bridgehead atoms. The summed E-state index contributed by atoms with van der Waals surface area (Å²) in [7, 11) is 0. The Hall–Kier alpha value is -0.300. The molecule has 0 aliphatic rings. The molecule has 0 aromatic heterocycles. The van der Waals surface area contributed by atoms with Crippen molar-refractivity contribution in [2.75, 3.05) is 0 Å². The summed E-state index contributed by atoms with van der Waals surface area (Å²) in [4.78, 5) is 0. The van der Waals surface area contributed by atoms with E-state index in [-0.39, 0.29) is 0 Å². The van der Waals surface area contributed by atoms with Crippen LogP contribution in [0.1, 0.15) is 37.0 Å². The second-order valence-electron chi connectivity index (χ2n) is 3.46. The van der Waals surface area contributed by atoms with E-state index in [0.717, 1.165) is 6.42 Å². The zero-order valence-electron chi connectivity index (χ0n) is 8.65. The predicted octanol–water partition coefficient (Wildman–Crippen LogP) is 4.27. The summed E-state index contributed by atoms with van der Waals surface area (Å²) >= 11 is 3.54. The molecule has 0 atom stereocenters. The normalized spacial score (nSPS) is 10.5. The van der Waals surface area contributed by atoms with Crippen molar-refractivity contribution in [1.82, 2.24) is 0 Å². The highest BCUT2D eigenvalue weighted by Crippen LogP contribution is 2.22. The number of rotatable bonds is 3. The summed E-state index contributed by atoms with van der Waals surface area (Å²) in [6.07, 6.45) is 3.58. The van der Waals surface area contributed by atoms with Crippen LogP contribution >= 0.6 is 15.9 Å². The Morgan fingerprint density at radius 1 is 1.23 bits per heavy atom. The molecule has 0 saturated heterocycles. The summed E-state index contributed by atoms with van der Waals surface area (Å²) in [5.41, 5.74) is 4.47. The molecule has 13 heavy (non-hydrogen) atoms. The second kappa shape index (κ2) is 4.80. The summed E-state index contributed by atoms with van der Waals surface area (Å²) in [6.45, 7) is 6.66. The van der Waals surface area contributed by atoms with Gasteiger partial charge in [-0.1, -0.05) is 36.2 Å². The molecule has 0 nitrogen and oxygen atoms in total. The summed E-state index contributed by atoms with van der Waals surface area (Å²) < 4.78 is 1.21. The van der Waals surface area contributed by atoms with Gasteiger partial charge in [-0.2, -0.15) is 0 Å². The van der Waals surface area contributed by atoms with Gasteiger partial charge in [-0.3, -0.25) is 0 Å². The van der Waals surface area contributed by atoms with Crippen molar-refractivity contribution in [3.05, 3.63) is 33.3 Å². The summed E-state index contributed by atoms with van der Waals surface area (Å²) in [5.74, 6) is 0. The van der Waals surface area contributed by atoms with Crippen LogP contribution < -0.4 is 0 Å². The Bertz CT molecular complexity index is 289. The fraction of sp³-hybridized carbons (Fsp3) is 0.500. The molecule has 0 amide bonds. The van der Waals surface area contributed by atoms with Gasteiger partial charge in [-0.25, -0.2) is 0 Å². The molecule has 0 fully saturated rings. The average molecular weight is 241 g/mol. The van der Waals surface area contributed by atoms with E-state index in [1.165, 1.54) is 28.4 Å². The highest BCUT2D eigenvalue weighted by molar-refractivity contribution is 9.10. The highest BCUT2D eigenvalue weighted by Gasteiger charge is 2.04. The fourth-order valence-corrected chi connectivity index (χ4v) is 2.39. The molecule has 0 spiro atoms. The van der Waals surface area contributed by atoms with Crippen molar-refractivity contribution in [2.24, 2.45) is 0 Å². The zero-order valence-corrected chi connectivity index (χ0v) is 10.2. The van der Waals surface area contributed by atoms with Crippen LogP contribution in [0.15, 0.2) is 16.6 Å². The lowest BCUT2D eigenvalue weighted by molar-refractivity contribution is 0.888. The maximum Gasteiger partial charge on any atom is 0.0180 e. The van der Waals surface area contributed by atoms with Crippen molar-refractivity contribution >= 4 is 15.9 Å². The van der Waals surface area contributed by atoms with Crippen LogP contribution in [0.4, 0.5) is 0 Å². The van der Waals surface area contributed by atoms with Crippen molar-refractivity contribution in [3.8, 4) is 0 Å². The minimum atomic E-state index is 1.13. The molecule has 1 rings (SSSR count). The molecule has 0 unspecified atom stereocenters. The number of hydrogen-bond acceptors (Lipinski definition) is 0. The first-order chi connectivity index (χ1) is 6.19. The second-order valence-corrected chi connectivity index (χ2v) is 4.38. The van der Waals surface area contributed by atoms with Gasteiger partial charge in [0.05, 0.1) is 0 Å². The average Bonchev–Trinajstić information content (AvgIpc) is 2.09. The zero-order chi connectivity index (χ0) is 9.84. The van der Waals surface area contributed by atoms with Gasteiger partial charge in [0.2, 0.25) is 0 Å². The minimum Gasteiger partial charge on any atom is -0.0651 e. The van der Waals surface area contributed by atoms with E-state index in [9.17, 15) is 0 Å². The van der Waals surface area contributed by atoms with Crippen LogP contribution in [-0.2, 0) is 12.8 Å². The molecule has 0 aliphatic carbocycles. The first-order valence-corrected chi connectivity index (χ1v) is 5.76. The molecule has 0 N–H and O–H groups in total. The van der Waals surface area contributed by atoms with Crippen LogP contribution in [0.2, 0.25) is 0 Å². The van der Waals surface area contributed by atoms with Crippen LogP contribution in [0.5, 0.6) is 0 Å². The molecule has 0 aliphatic heterocycles. The Kier molecular flexibility index (Phi) is 3.98. The first-order valence-electron chi connectivity index (χ1n) is 4.97. The lowest BCUT2D eigenvalue weighted by Gasteiger charge is -2.11. The van der Waals surface area contributed by atoms with Crippen LogP contribution in [0.3, 0.4) is 0 Å². The Morgan fingerprint density at radius 3 is 2.46 bits per heavy atom. The van der Waals surface area contributed by atoms with Gasteiger partial charge < -0.3 is 0 Å². The summed E-state index contributed by atoms with van der Waals surface area (Å²) in [5, 5.41) is 0. The van der Waals surface area contributed by atoms with E-state index < -0.39 is 0 Å². The molecule has 72 valence electrons. The van der Waals surface area contributed by atoms with Gasteiger partial charge in [-0.05, 0) is 48.6 Å². The van der Waals surface area contributed by atoms with Gasteiger partial charge in [0.15, 0.2) is 0 Å². The lowest BCUT2D eigenvalue weighted by atomic mass is 9.97. The highest BCUT2D eigenvalue weighted by atomic mass is 79.9. The molecular weight excluding hydrogens is 224 g/mol. The molecule has 1 aromatic rings. The van der Waals surface area contributed by atoms with Gasteiger partial charge in [0.1, 0.15) is 0 Å². The van der Waals surface area contributed by atoms with Crippen molar-refractivity contribution in [3.63, 3.8) is 0 Å². The van der Waals surface area contributed by atoms with Crippen LogP contribution in [-0.4, -0.2) is 0 Å². The monoisotopic (exact) mass is 240 g/mol. The molecular formula is C12H17Br. The number of aryl methyl sites for hydroxylation is 2. The lowest BCUT2D eigenvalue weighted by Crippen LogP contribution is -1.96. The molecule has 0 saturated carbocycles. The number of halogens is 1. The minimum absolute atomic E-state index is 1.13. The van der Waals surface area contributed by atoms with Crippen molar-refractivity contribution < 1.29 is 0 Å². The fourth-order valence-electron chi connectivity index (χ4n) is 1.77. The van der Waals surface area contributed by atoms with Gasteiger partial charge >= 0.3 is 0 Å². The maximum atomic E-state index is 3.54. The Balaban J connectivity index is 3.13.